The van der Waals surface area contributed by atoms with E-state index in [1.165, 1.54) is 0 Å². The fourth-order valence-corrected chi connectivity index (χ4v) is 0.275. The van der Waals surface area contributed by atoms with Crippen LogP contribution in [0.1, 0.15) is 13.3 Å². The zero-order valence-electron chi connectivity index (χ0n) is 6.37. The lowest BCUT2D eigenvalue weighted by Gasteiger charge is -1.97. The van der Waals surface area contributed by atoms with Crippen LogP contribution in [0.2, 0.25) is 0 Å². The largest absolute Gasteiger partial charge is 0.724 e. The first-order valence-corrected chi connectivity index (χ1v) is 3.09. The van der Waals surface area contributed by atoms with Gasteiger partial charge in [0.2, 0.25) is 0 Å². The molecule has 11 heavy (non-hydrogen) atoms. The van der Waals surface area contributed by atoms with Crippen LogP contribution < -0.4 is 5.73 Å². The fourth-order valence-electron chi connectivity index (χ4n) is 0.275. The molecule has 0 aliphatic heterocycles. The number of rotatable bonds is 3. The maximum absolute atomic E-state index is 10.2. The van der Waals surface area contributed by atoms with E-state index >= 15 is 0 Å². The number of nitrogens with two attached hydrogens (primary N) is 1. The number of carbonyl (C=O) groups excluding carboxylic acids is 2. The minimum Gasteiger partial charge on any atom is -0.724 e. The molecular formula is C6H11N2O3-. The van der Waals surface area contributed by atoms with Crippen LogP contribution in [0, 0.1) is 0 Å². The molecule has 0 rings (SSSR count). The lowest BCUT2D eigenvalue weighted by molar-refractivity contribution is -0.141. The van der Waals surface area contributed by atoms with Gasteiger partial charge in [0, 0.05) is 0 Å². The Kier molecular flexibility index (Phi) is 13.1. The number of esters is 1. The molecule has 0 fully saturated rings. The van der Waals surface area contributed by atoms with Crippen molar-refractivity contribution in [2.75, 3.05) is 13.2 Å². The Bertz CT molecular complexity index is 130. The number of hydrogen-bond donors (Lipinski definition) is 1. The quantitative estimate of drug-likeness (QED) is 0.350. The van der Waals surface area contributed by atoms with Crippen molar-refractivity contribution in [1.82, 2.24) is 0 Å². The first-order valence-electron chi connectivity index (χ1n) is 3.09. The van der Waals surface area contributed by atoms with Crippen molar-refractivity contribution in [2.24, 2.45) is 5.73 Å². The molecule has 0 spiro atoms. The molecule has 0 heterocycles. The van der Waals surface area contributed by atoms with Crippen LogP contribution in [-0.2, 0) is 14.3 Å². The summed E-state index contributed by atoms with van der Waals surface area (Å²) in [6.07, 6.45) is 1.35. The van der Waals surface area contributed by atoms with E-state index in [0.717, 1.165) is 6.42 Å². The van der Waals surface area contributed by atoms with Crippen LogP contribution >= 0.6 is 0 Å². The molecule has 0 aliphatic rings. The molecule has 0 bridgehead atoms. The second-order valence-corrected chi connectivity index (χ2v) is 1.52. The molecule has 0 atom stereocenters. The Labute approximate surface area is 65.0 Å². The van der Waals surface area contributed by atoms with Crippen molar-refractivity contribution in [3.8, 4) is 0 Å². The summed E-state index contributed by atoms with van der Waals surface area (Å²) in [5.41, 5.74) is 4.94. The van der Waals surface area contributed by atoms with Crippen LogP contribution in [-0.4, -0.2) is 25.2 Å². The molecular weight excluding hydrogens is 148 g/mol. The van der Waals surface area contributed by atoms with Crippen molar-refractivity contribution in [1.29, 1.82) is 0 Å². The summed E-state index contributed by atoms with van der Waals surface area (Å²) in [6.45, 7) is 2.40. The molecule has 2 N–H and O–H groups in total. The topological polar surface area (TPSA) is 91.7 Å². The summed E-state index contributed by atoms with van der Waals surface area (Å²) in [4.78, 5) is 18.5. The van der Waals surface area contributed by atoms with Crippen LogP contribution in [0.3, 0.4) is 0 Å². The van der Waals surface area contributed by atoms with Crippen molar-refractivity contribution in [3.05, 3.63) is 5.41 Å². The van der Waals surface area contributed by atoms with E-state index in [2.05, 4.69) is 4.74 Å². The first-order chi connectivity index (χ1) is 5.22. The molecule has 5 nitrogen and oxygen atoms in total. The highest BCUT2D eigenvalue weighted by molar-refractivity contribution is 5.71. The molecule has 0 aliphatic carbocycles. The lowest BCUT2D eigenvalue weighted by atomic mass is 10.5. The summed E-state index contributed by atoms with van der Waals surface area (Å²) in [5, 5.41) is 6.76. The maximum Gasteiger partial charge on any atom is 0.319 e. The number of nitrogens with zero attached hydrogens (tertiary/aromatic N) is 1. The monoisotopic (exact) mass is 159 g/mol. The van der Waals surface area contributed by atoms with Gasteiger partial charge >= 0.3 is 5.97 Å². The molecule has 0 saturated carbocycles. The highest BCUT2D eigenvalue weighted by Gasteiger charge is 1.93. The molecule has 0 aromatic carbocycles. The van der Waals surface area contributed by atoms with Gasteiger partial charge in [-0.15, -0.1) is 0 Å². The van der Waals surface area contributed by atoms with Gasteiger partial charge in [-0.3, -0.25) is 9.59 Å². The van der Waals surface area contributed by atoms with Gasteiger partial charge in [0.15, 0.2) is 0 Å². The van der Waals surface area contributed by atoms with Crippen LogP contribution in [0.5, 0.6) is 0 Å². The summed E-state index contributed by atoms with van der Waals surface area (Å²) in [6, 6.07) is 0. The third kappa shape index (κ3) is 17.7. The third-order valence-corrected chi connectivity index (χ3v) is 0.634. The van der Waals surface area contributed by atoms with E-state index in [0.29, 0.717) is 12.7 Å². The number of ether oxygens (including phenoxy) is 1. The average Bonchev–Trinajstić information content (AvgIpc) is 2.02. The predicted octanol–water partition coefficient (Wildman–Crippen LogP) is -0.210. The van der Waals surface area contributed by atoms with E-state index in [1.54, 1.807) is 0 Å². The predicted molar refractivity (Wildman–Crippen MR) is 39.4 cm³/mol. The minimum atomic E-state index is -0.327. The molecule has 0 aromatic rings. The second kappa shape index (κ2) is 11.6. The van der Waals surface area contributed by atoms with Gasteiger partial charge in [0.1, 0.15) is 0 Å². The Morgan fingerprint density at radius 2 is 2.18 bits per heavy atom. The van der Waals surface area contributed by atoms with Crippen molar-refractivity contribution < 1.29 is 14.3 Å². The molecule has 5 heteroatoms. The van der Waals surface area contributed by atoms with Gasteiger partial charge in [-0.2, -0.15) is 0 Å². The van der Waals surface area contributed by atoms with Crippen LogP contribution in [0.25, 0.3) is 5.41 Å². The Hall–Kier alpha value is -1.19. The van der Waals surface area contributed by atoms with Crippen LogP contribution in [0.15, 0.2) is 0 Å². The van der Waals surface area contributed by atoms with Crippen molar-refractivity contribution in [3.63, 3.8) is 0 Å². The molecule has 0 amide bonds. The van der Waals surface area contributed by atoms with Crippen molar-refractivity contribution in [2.45, 2.75) is 13.3 Å². The van der Waals surface area contributed by atoms with Crippen LogP contribution in [0.4, 0.5) is 0 Å². The van der Waals surface area contributed by atoms with E-state index in [9.17, 15) is 4.79 Å². The van der Waals surface area contributed by atoms with E-state index in [1.807, 2.05) is 6.92 Å². The molecule has 64 valence electrons. The molecule has 0 aromatic heterocycles. The summed E-state index contributed by atoms with van der Waals surface area (Å²) in [7, 11) is 0. The Balaban J connectivity index is 0. The van der Waals surface area contributed by atoms with E-state index in [-0.39, 0.29) is 12.5 Å². The second-order valence-electron chi connectivity index (χ2n) is 1.52. The summed E-state index contributed by atoms with van der Waals surface area (Å²) in [5.74, 6) is -0.327. The highest BCUT2D eigenvalue weighted by atomic mass is 16.5. The number of isocyanates is 1. The minimum absolute atomic E-state index is 0.0139. The summed E-state index contributed by atoms with van der Waals surface area (Å²) < 4.78 is 4.58. The standard InChI is InChI=1S/C5H11NO2.CNO/c1-2-3-8-5(7)4-6;2-1-3/h2-4,6H2,1H3;/q;-1. The highest BCUT2D eigenvalue weighted by Crippen LogP contribution is 1.78. The Morgan fingerprint density at radius 3 is 2.45 bits per heavy atom. The normalized spacial score (nSPS) is 7.09. The zero-order chi connectivity index (χ0) is 9.11. The molecule has 0 radical (unpaired) electrons. The summed E-state index contributed by atoms with van der Waals surface area (Å²) >= 11 is 0. The van der Waals surface area contributed by atoms with Gasteiger partial charge < -0.3 is 15.9 Å². The third-order valence-electron chi connectivity index (χ3n) is 0.634. The van der Waals surface area contributed by atoms with E-state index < -0.39 is 0 Å². The molecule has 0 unspecified atom stereocenters. The Morgan fingerprint density at radius 1 is 1.73 bits per heavy atom. The number of hydrogen-bond acceptors (Lipinski definition) is 4. The zero-order valence-corrected chi connectivity index (χ0v) is 6.37. The van der Waals surface area contributed by atoms with Gasteiger partial charge in [-0.05, 0) is 12.5 Å². The molecule has 0 saturated heterocycles. The average molecular weight is 159 g/mol. The maximum atomic E-state index is 10.2. The lowest BCUT2D eigenvalue weighted by Crippen LogP contribution is -2.16. The smallest absolute Gasteiger partial charge is 0.319 e. The fraction of sp³-hybridized carbons (Fsp3) is 0.667. The van der Waals surface area contributed by atoms with E-state index in [4.69, 9.17) is 15.9 Å². The number of carbonyl (C=O) groups is 1. The first kappa shape index (κ1) is 12.5. The SMILES string of the molecule is CCCOC(=O)CN.[N-]=C=O. The van der Waals surface area contributed by atoms with Gasteiger partial charge in [-0.25, -0.2) is 0 Å². The van der Waals surface area contributed by atoms with Gasteiger partial charge in [-0.1, -0.05) is 6.92 Å². The van der Waals surface area contributed by atoms with Gasteiger partial charge in [0.25, 0.3) is 0 Å². The van der Waals surface area contributed by atoms with Crippen molar-refractivity contribution >= 4 is 12.0 Å². The van der Waals surface area contributed by atoms with Gasteiger partial charge in [0.05, 0.1) is 13.2 Å².